The van der Waals surface area contributed by atoms with E-state index in [2.05, 4.69) is 20.7 Å². The van der Waals surface area contributed by atoms with E-state index in [1.54, 1.807) is 24.4 Å². The van der Waals surface area contributed by atoms with Gasteiger partial charge in [-0.15, -0.1) is 0 Å². The Morgan fingerprint density at radius 3 is 2.78 bits per heavy atom. The average molecular weight is 264 g/mol. The monoisotopic (exact) mass is 263 g/mol. The number of hydrazine groups is 1. The number of nitrogen functional groups attached to an aromatic ring is 1. The minimum absolute atomic E-state index is 0.177. The minimum atomic E-state index is -0.338. The molecule has 0 atom stereocenters. The molecule has 0 fully saturated rings. The van der Waals surface area contributed by atoms with Crippen LogP contribution in [-0.2, 0) is 0 Å². The van der Waals surface area contributed by atoms with Gasteiger partial charge in [0.15, 0.2) is 0 Å². The van der Waals surface area contributed by atoms with Crippen LogP contribution in [0.25, 0.3) is 0 Å². The Morgan fingerprint density at radius 2 is 2.11 bits per heavy atom. The van der Waals surface area contributed by atoms with E-state index in [1.165, 1.54) is 12.1 Å². The van der Waals surface area contributed by atoms with Crippen molar-refractivity contribution in [3.8, 4) is 0 Å². The predicted molar refractivity (Wildman–Crippen MR) is 69.2 cm³/mol. The minimum Gasteiger partial charge on any atom is -0.308 e. The molecule has 18 heavy (non-hydrogen) atoms. The van der Waals surface area contributed by atoms with Crippen molar-refractivity contribution in [2.45, 2.75) is 0 Å². The number of aromatic nitrogens is 2. The lowest BCUT2D eigenvalue weighted by Gasteiger charge is -2.06. The molecular formula is C11H10ClN5O. The van der Waals surface area contributed by atoms with E-state index in [4.69, 9.17) is 17.4 Å². The molecule has 0 radical (unpaired) electrons. The van der Waals surface area contributed by atoms with Gasteiger partial charge in [0.25, 0.3) is 5.91 Å². The molecule has 2 aromatic heterocycles. The van der Waals surface area contributed by atoms with Gasteiger partial charge in [-0.05, 0) is 24.3 Å². The Hall–Kier alpha value is -2.18. The van der Waals surface area contributed by atoms with Crippen LogP contribution in [-0.4, -0.2) is 15.9 Å². The third kappa shape index (κ3) is 2.93. The summed E-state index contributed by atoms with van der Waals surface area (Å²) in [5.74, 6) is 5.66. The van der Waals surface area contributed by atoms with Crippen LogP contribution >= 0.6 is 11.6 Å². The van der Waals surface area contributed by atoms with Crippen LogP contribution in [0.3, 0.4) is 0 Å². The van der Waals surface area contributed by atoms with Gasteiger partial charge in [-0.1, -0.05) is 17.7 Å². The standard InChI is InChI=1S/C11H10ClN5O/c12-8-5-7(6-10(15-8)17-13)11(18)16-9-3-1-2-4-14-9/h1-6H,13H2,(H,15,17)(H,14,16,18). The molecule has 6 nitrogen and oxygen atoms in total. The zero-order chi connectivity index (χ0) is 13.0. The molecule has 0 aliphatic rings. The molecule has 0 aliphatic heterocycles. The highest BCUT2D eigenvalue weighted by molar-refractivity contribution is 6.30. The molecule has 0 saturated heterocycles. The van der Waals surface area contributed by atoms with Gasteiger partial charge in [0.05, 0.1) is 0 Å². The van der Waals surface area contributed by atoms with E-state index in [9.17, 15) is 4.79 Å². The number of carbonyl (C=O) groups is 1. The highest BCUT2D eigenvalue weighted by Gasteiger charge is 2.09. The Balaban J connectivity index is 2.21. The van der Waals surface area contributed by atoms with Gasteiger partial charge in [0, 0.05) is 11.8 Å². The summed E-state index contributed by atoms with van der Waals surface area (Å²) in [6.45, 7) is 0. The van der Waals surface area contributed by atoms with E-state index >= 15 is 0 Å². The number of hydrogen-bond donors (Lipinski definition) is 3. The smallest absolute Gasteiger partial charge is 0.257 e. The summed E-state index contributed by atoms with van der Waals surface area (Å²) in [6.07, 6.45) is 1.59. The van der Waals surface area contributed by atoms with Gasteiger partial charge in [0.2, 0.25) is 0 Å². The van der Waals surface area contributed by atoms with Crippen molar-refractivity contribution in [2.75, 3.05) is 10.7 Å². The number of anilines is 2. The van der Waals surface area contributed by atoms with Crippen LogP contribution in [0.1, 0.15) is 10.4 Å². The highest BCUT2D eigenvalue weighted by atomic mass is 35.5. The van der Waals surface area contributed by atoms with E-state index < -0.39 is 0 Å². The second-order valence-corrected chi connectivity index (χ2v) is 3.76. The molecule has 0 unspecified atom stereocenters. The van der Waals surface area contributed by atoms with E-state index in [0.29, 0.717) is 17.2 Å². The van der Waals surface area contributed by atoms with Crippen LogP contribution in [0.2, 0.25) is 5.15 Å². The lowest BCUT2D eigenvalue weighted by molar-refractivity contribution is 0.102. The highest BCUT2D eigenvalue weighted by Crippen LogP contribution is 2.15. The second-order valence-electron chi connectivity index (χ2n) is 3.38. The summed E-state index contributed by atoms with van der Waals surface area (Å²) in [7, 11) is 0. The largest absolute Gasteiger partial charge is 0.308 e. The number of amides is 1. The van der Waals surface area contributed by atoms with E-state index in [1.807, 2.05) is 0 Å². The molecule has 1 amide bonds. The summed E-state index contributed by atoms with van der Waals surface area (Å²) < 4.78 is 0. The number of carbonyl (C=O) groups excluding carboxylic acids is 1. The maximum absolute atomic E-state index is 11.9. The van der Waals surface area contributed by atoms with Gasteiger partial charge in [-0.3, -0.25) is 4.79 Å². The summed E-state index contributed by atoms with van der Waals surface area (Å²) in [5.41, 5.74) is 2.68. The van der Waals surface area contributed by atoms with Crippen molar-refractivity contribution in [3.05, 3.63) is 47.2 Å². The van der Waals surface area contributed by atoms with Gasteiger partial charge in [-0.2, -0.15) is 0 Å². The molecule has 0 spiro atoms. The van der Waals surface area contributed by atoms with Crippen molar-refractivity contribution in [2.24, 2.45) is 5.84 Å². The molecule has 4 N–H and O–H groups in total. The number of hydrogen-bond acceptors (Lipinski definition) is 5. The summed E-state index contributed by atoms with van der Waals surface area (Å²) in [5, 5.41) is 2.81. The Bertz CT molecular complexity index is 561. The van der Waals surface area contributed by atoms with Crippen LogP contribution in [0.4, 0.5) is 11.6 Å². The fourth-order valence-electron chi connectivity index (χ4n) is 1.33. The van der Waals surface area contributed by atoms with Gasteiger partial charge >= 0.3 is 0 Å². The molecule has 0 saturated carbocycles. The Morgan fingerprint density at radius 1 is 1.28 bits per heavy atom. The molecule has 92 valence electrons. The van der Waals surface area contributed by atoms with Crippen molar-refractivity contribution < 1.29 is 4.79 Å². The van der Waals surface area contributed by atoms with Crippen LogP contribution < -0.4 is 16.6 Å². The van der Waals surface area contributed by atoms with Crippen molar-refractivity contribution in [3.63, 3.8) is 0 Å². The first-order valence-corrected chi connectivity index (χ1v) is 5.43. The first kappa shape index (κ1) is 12.3. The summed E-state index contributed by atoms with van der Waals surface area (Å²) in [6, 6.07) is 8.15. The van der Waals surface area contributed by atoms with Gasteiger partial charge < -0.3 is 10.7 Å². The Kier molecular flexibility index (Phi) is 3.71. The molecule has 7 heteroatoms. The third-order valence-corrected chi connectivity index (χ3v) is 2.30. The van der Waals surface area contributed by atoms with Crippen LogP contribution in [0.5, 0.6) is 0 Å². The van der Waals surface area contributed by atoms with Gasteiger partial charge in [-0.25, -0.2) is 15.8 Å². The number of halogens is 1. The number of nitrogens with two attached hydrogens (primary N) is 1. The fraction of sp³-hybridized carbons (Fsp3) is 0. The van der Waals surface area contributed by atoms with E-state index in [0.717, 1.165) is 0 Å². The number of nitrogens with zero attached hydrogens (tertiary/aromatic N) is 2. The quantitative estimate of drug-likeness (QED) is 0.445. The number of nitrogens with one attached hydrogen (secondary N) is 2. The lowest BCUT2D eigenvalue weighted by Crippen LogP contribution is -2.15. The maximum Gasteiger partial charge on any atom is 0.257 e. The lowest BCUT2D eigenvalue weighted by atomic mass is 10.2. The third-order valence-electron chi connectivity index (χ3n) is 2.11. The summed E-state index contributed by atoms with van der Waals surface area (Å²) >= 11 is 5.77. The predicted octanol–water partition coefficient (Wildman–Crippen LogP) is 1.67. The molecule has 0 aromatic carbocycles. The second kappa shape index (κ2) is 5.44. The first-order valence-electron chi connectivity index (χ1n) is 5.05. The maximum atomic E-state index is 11.9. The Labute approximate surface area is 108 Å². The molecule has 2 aromatic rings. The average Bonchev–Trinajstić information content (AvgIpc) is 2.39. The van der Waals surface area contributed by atoms with Gasteiger partial charge in [0.1, 0.15) is 16.8 Å². The zero-order valence-corrected chi connectivity index (χ0v) is 9.98. The molecule has 0 aliphatic carbocycles. The zero-order valence-electron chi connectivity index (χ0n) is 9.22. The number of pyridine rings is 2. The van der Waals surface area contributed by atoms with Crippen LogP contribution in [0, 0.1) is 0 Å². The van der Waals surface area contributed by atoms with Crippen molar-refractivity contribution in [1.82, 2.24) is 9.97 Å². The fourth-order valence-corrected chi connectivity index (χ4v) is 1.54. The molecule has 2 rings (SSSR count). The first-order chi connectivity index (χ1) is 8.69. The SMILES string of the molecule is NNc1cc(C(=O)Nc2ccccn2)cc(Cl)n1. The van der Waals surface area contributed by atoms with Crippen molar-refractivity contribution >= 4 is 29.1 Å². The topological polar surface area (TPSA) is 92.9 Å². The molecule has 0 bridgehead atoms. The summed E-state index contributed by atoms with van der Waals surface area (Å²) in [4.78, 5) is 19.8. The normalized spacial score (nSPS) is 9.89. The van der Waals surface area contributed by atoms with Crippen LogP contribution in [0.15, 0.2) is 36.5 Å². The number of rotatable bonds is 3. The van der Waals surface area contributed by atoms with E-state index in [-0.39, 0.29) is 11.1 Å². The molecular weight excluding hydrogens is 254 g/mol. The molecule has 2 heterocycles. The van der Waals surface area contributed by atoms with Crippen molar-refractivity contribution in [1.29, 1.82) is 0 Å².